The summed E-state index contributed by atoms with van der Waals surface area (Å²) < 4.78 is 0. The monoisotopic (exact) mass is 244 g/mol. The number of rotatable bonds is 1. The summed E-state index contributed by atoms with van der Waals surface area (Å²) >= 11 is 0. The van der Waals surface area contributed by atoms with E-state index in [1.807, 2.05) is 16.7 Å². The van der Waals surface area contributed by atoms with E-state index in [9.17, 15) is 0 Å². The Balaban J connectivity index is 1.58. The van der Waals surface area contributed by atoms with Gasteiger partial charge < -0.3 is 0 Å². The van der Waals surface area contributed by atoms with Crippen molar-refractivity contribution >= 4 is 0 Å². The molecule has 3 rings (SSSR count). The SMILES string of the molecule is C1=C(C2CCC(=C3CCCCC3)CC2)CCCC1. The van der Waals surface area contributed by atoms with Gasteiger partial charge in [-0.25, -0.2) is 0 Å². The van der Waals surface area contributed by atoms with Crippen LogP contribution in [0.4, 0.5) is 0 Å². The Labute approximate surface area is 113 Å². The standard InChI is InChI=1S/C18H28/c1-3-7-15(8-4-1)17-11-13-18(14-12-17)16-9-5-2-6-10-16/h7,17H,1-6,8-14H2. The molecule has 0 aromatic carbocycles. The predicted molar refractivity (Wildman–Crippen MR) is 78.6 cm³/mol. The minimum absolute atomic E-state index is 0.957. The number of hydrogen-bond donors (Lipinski definition) is 0. The smallest absolute Gasteiger partial charge is 0.0197 e. The molecule has 0 atom stereocenters. The zero-order valence-corrected chi connectivity index (χ0v) is 11.8. The van der Waals surface area contributed by atoms with Crippen LogP contribution in [0.25, 0.3) is 0 Å². The Hall–Kier alpha value is -0.520. The highest BCUT2D eigenvalue weighted by Crippen LogP contribution is 2.40. The number of hydrogen-bond acceptors (Lipinski definition) is 0. The van der Waals surface area contributed by atoms with E-state index in [1.165, 1.54) is 83.5 Å². The lowest BCUT2D eigenvalue weighted by Crippen LogP contribution is -2.14. The topological polar surface area (TPSA) is 0 Å². The largest absolute Gasteiger partial charge is 0.0851 e. The van der Waals surface area contributed by atoms with Crippen LogP contribution in [0.15, 0.2) is 22.8 Å². The summed E-state index contributed by atoms with van der Waals surface area (Å²) in [6.45, 7) is 0. The maximum Gasteiger partial charge on any atom is -0.0197 e. The molecule has 0 amide bonds. The van der Waals surface area contributed by atoms with E-state index in [1.54, 1.807) is 0 Å². The van der Waals surface area contributed by atoms with Crippen LogP contribution in [-0.4, -0.2) is 0 Å². The second-order valence-corrected chi connectivity index (χ2v) is 6.57. The average Bonchev–Trinajstić information content (AvgIpc) is 2.49. The van der Waals surface area contributed by atoms with Crippen molar-refractivity contribution in [3.63, 3.8) is 0 Å². The van der Waals surface area contributed by atoms with Crippen molar-refractivity contribution in [2.24, 2.45) is 5.92 Å². The van der Waals surface area contributed by atoms with Gasteiger partial charge in [-0.2, -0.15) is 0 Å². The third kappa shape index (κ3) is 2.90. The number of allylic oxidation sites excluding steroid dienone is 4. The first-order valence-corrected chi connectivity index (χ1v) is 8.32. The van der Waals surface area contributed by atoms with Gasteiger partial charge in [0.15, 0.2) is 0 Å². The molecule has 0 unspecified atom stereocenters. The Morgan fingerprint density at radius 1 is 0.667 bits per heavy atom. The molecule has 2 saturated carbocycles. The molecule has 0 spiro atoms. The highest BCUT2D eigenvalue weighted by molar-refractivity contribution is 5.20. The van der Waals surface area contributed by atoms with Crippen LogP contribution in [0.3, 0.4) is 0 Å². The van der Waals surface area contributed by atoms with Gasteiger partial charge in [-0.15, -0.1) is 0 Å². The highest BCUT2D eigenvalue weighted by atomic mass is 14.3. The molecule has 3 aliphatic carbocycles. The molecule has 0 N–H and O–H groups in total. The van der Waals surface area contributed by atoms with Gasteiger partial charge in [-0.1, -0.05) is 29.2 Å². The van der Waals surface area contributed by atoms with Crippen molar-refractivity contribution in [1.82, 2.24) is 0 Å². The molecule has 2 fully saturated rings. The molecule has 100 valence electrons. The van der Waals surface area contributed by atoms with Crippen molar-refractivity contribution in [1.29, 1.82) is 0 Å². The van der Waals surface area contributed by atoms with E-state index in [0.29, 0.717) is 0 Å². The zero-order valence-electron chi connectivity index (χ0n) is 11.8. The minimum atomic E-state index is 0.957. The Morgan fingerprint density at radius 3 is 2.00 bits per heavy atom. The minimum Gasteiger partial charge on any atom is -0.0851 e. The average molecular weight is 244 g/mol. The second kappa shape index (κ2) is 6.08. The first-order valence-electron chi connectivity index (χ1n) is 8.32. The molecule has 0 heterocycles. The van der Waals surface area contributed by atoms with E-state index >= 15 is 0 Å². The van der Waals surface area contributed by atoms with Crippen molar-refractivity contribution in [2.75, 3.05) is 0 Å². The third-order valence-electron chi connectivity index (χ3n) is 5.40. The molecule has 0 radical (unpaired) electrons. The summed E-state index contributed by atoms with van der Waals surface area (Å²) in [6.07, 6.45) is 21.3. The lowest BCUT2D eigenvalue weighted by Gasteiger charge is -2.30. The van der Waals surface area contributed by atoms with Crippen LogP contribution in [-0.2, 0) is 0 Å². The molecule has 0 aliphatic heterocycles. The Morgan fingerprint density at radius 2 is 1.33 bits per heavy atom. The van der Waals surface area contributed by atoms with E-state index in [-0.39, 0.29) is 0 Å². The van der Waals surface area contributed by atoms with Gasteiger partial charge >= 0.3 is 0 Å². The summed E-state index contributed by atoms with van der Waals surface area (Å²) in [5.74, 6) is 0.957. The van der Waals surface area contributed by atoms with Crippen molar-refractivity contribution in [3.8, 4) is 0 Å². The molecule has 0 saturated heterocycles. The second-order valence-electron chi connectivity index (χ2n) is 6.57. The molecule has 0 aromatic rings. The van der Waals surface area contributed by atoms with Gasteiger partial charge in [0, 0.05) is 0 Å². The molecule has 0 bridgehead atoms. The predicted octanol–water partition coefficient (Wildman–Crippen LogP) is 5.94. The lowest BCUT2D eigenvalue weighted by atomic mass is 9.75. The van der Waals surface area contributed by atoms with E-state index in [4.69, 9.17) is 0 Å². The van der Waals surface area contributed by atoms with E-state index in [2.05, 4.69) is 6.08 Å². The van der Waals surface area contributed by atoms with Crippen molar-refractivity contribution < 1.29 is 0 Å². The van der Waals surface area contributed by atoms with Crippen LogP contribution >= 0.6 is 0 Å². The molecular formula is C18H28. The molecule has 18 heavy (non-hydrogen) atoms. The van der Waals surface area contributed by atoms with Crippen molar-refractivity contribution in [3.05, 3.63) is 22.8 Å². The molecular weight excluding hydrogens is 216 g/mol. The quantitative estimate of drug-likeness (QED) is 0.501. The lowest BCUT2D eigenvalue weighted by molar-refractivity contribution is 0.433. The fourth-order valence-corrected chi connectivity index (χ4v) is 4.26. The van der Waals surface area contributed by atoms with Crippen LogP contribution in [0.5, 0.6) is 0 Å². The van der Waals surface area contributed by atoms with Crippen LogP contribution in [0, 0.1) is 5.92 Å². The first-order chi connectivity index (χ1) is 8.93. The normalized spacial score (nSPS) is 30.2. The van der Waals surface area contributed by atoms with Crippen molar-refractivity contribution in [2.45, 2.75) is 83.5 Å². The zero-order chi connectivity index (χ0) is 12.2. The summed E-state index contributed by atoms with van der Waals surface area (Å²) in [6, 6.07) is 0. The van der Waals surface area contributed by atoms with Gasteiger partial charge in [0.2, 0.25) is 0 Å². The molecule has 0 aromatic heterocycles. The third-order valence-corrected chi connectivity index (χ3v) is 5.40. The Kier molecular flexibility index (Phi) is 4.23. The van der Waals surface area contributed by atoms with Gasteiger partial charge in [0.1, 0.15) is 0 Å². The van der Waals surface area contributed by atoms with Gasteiger partial charge in [-0.05, 0) is 83.0 Å². The van der Waals surface area contributed by atoms with Gasteiger partial charge in [0.05, 0.1) is 0 Å². The highest BCUT2D eigenvalue weighted by Gasteiger charge is 2.23. The maximum atomic E-state index is 2.58. The molecule has 0 nitrogen and oxygen atoms in total. The van der Waals surface area contributed by atoms with Gasteiger partial charge in [-0.3, -0.25) is 0 Å². The summed E-state index contributed by atoms with van der Waals surface area (Å²) in [4.78, 5) is 0. The fraction of sp³-hybridized carbons (Fsp3) is 0.778. The van der Waals surface area contributed by atoms with Gasteiger partial charge in [0.25, 0.3) is 0 Å². The van der Waals surface area contributed by atoms with Crippen LogP contribution < -0.4 is 0 Å². The van der Waals surface area contributed by atoms with Crippen LogP contribution in [0.2, 0.25) is 0 Å². The summed E-state index contributed by atoms with van der Waals surface area (Å²) in [5.41, 5.74) is 5.58. The van der Waals surface area contributed by atoms with E-state index < -0.39 is 0 Å². The Bertz CT molecular complexity index is 327. The van der Waals surface area contributed by atoms with E-state index in [0.717, 1.165) is 5.92 Å². The molecule has 3 aliphatic rings. The summed E-state index contributed by atoms with van der Waals surface area (Å²) in [7, 11) is 0. The fourth-order valence-electron chi connectivity index (χ4n) is 4.26. The molecule has 0 heteroatoms. The summed E-state index contributed by atoms with van der Waals surface area (Å²) in [5, 5.41) is 0. The maximum absolute atomic E-state index is 2.58. The first kappa shape index (κ1) is 12.5. The van der Waals surface area contributed by atoms with Crippen LogP contribution in [0.1, 0.15) is 83.5 Å².